The maximum absolute atomic E-state index is 12.4. The number of piperidine rings is 1. The lowest BCUT2D eigenvalue weighted by Gasteiger charge is -2.33. The lowest BCUT2D eigenvalue weighted by molar-refractivity contribution is -0.132. The zero-order chi connectivity index (χ0) is 17.4. The number of nitrogens with one attached hydrogen (secondary N) is 1. The molecule has 1 aromatic rings. The molecule has 1 fully saturated rings. The molecule has 0 aromatic carbocycles. The largest absolute Gasteiger partial charge is 0.368 e. The maximum Gasteiger partial charge on any atom is 0.253 e. The van der Waals surface area contributed by atoms with Gasteiger partial charge in [-0.1, -0.05) is 6.08 Å². The Morgan fingerprint density at radius 3 is 2.71 bits per heavy atom. The lowest BCUT2D eigenvalue weighted by atomic mass is 10.0. The highest BCUT2D eigenvalue weighted by molar-refractivity contribution is 5.94. The third-order valence-corrected chi connectivity index (χ3v) is 4.11. The summed E-state index contributed by atoms with van der Waals surface area (Å²) in [5.41, 5.74) is 0.650. The Bertz CT molecular complexity index is 554. The van der Waals surface area contributed by atoms with Crippen molar-refractivity contribution in [2.45, 2.75) is 38.3 Å². The van der Waals surface area contributed by atoms with Crippen LogP contribution in [0.2, 0.25) is 0 Å². The monoisotopic (exact) mass is 331 g/mol. The van der Waals surface area contributed by atoms with Crippen LogP contribution in [-0.4, -0.2) is 53.5 Å². The first kappa shape index (κ1) is 18.1. The Morgan fingerprint density at radius 1 is 1.42 bits per heavy atom. The van der Waals surface area contributed by atoms with Gasteiger partial charge in [-0.15, -0.1) is 6.58 Å². The van der Waals surface area contributed by atoms with Gasteiger partial charge >= 0.3 is 0 Å². The summed E-state index contributed by atoms with van der Waals surface area (Å²) in [6.45, 7) is 7.14. The molecule has 6 nitrogen and oxygen atoms in total. The Morgan fingerprint density at radius 2 is 2.08 bits per heavy atom. The van der Waals surface area contributed by atoms with Gasteiger partial charge in [0.25, 0.3) is 5.91 Å². The van der Waals surface area contributed by atoms with Crippen LogP contribution in [0.3, 0.4) is 0 Å². The van der Waals surface area contributed by atoms with Crippen molar-refractivity contribution in [3.8, 4) is 0 Å². The highest BCUT2D eigenvalue weighted by Crippen LogP contribution is 2.14. The van der Waals surface area contributed by atoms with Gasteiger partial charge in [0, 0.05) is 37.1 Å². The molecule has 2 amide bonds. The molecule has 2 heterocycles. The number of nitrogens with zero attached hydrogens (tertiary/aromatic N) is 2. The minimum Gasteiger partial charge on any atom is -0.368 e. The fourth-order valence-corrected chi connectivity index (χ4v) is 2.63. The van der Waals surface area contributed by atoms with Crippen LogP contribution in [0.5, 0.6) is 0 Å². The summed E-state index contributed by atoms with van der Waals surface area (Å²) in [6, 6.07) is 3.53. The molecule has 0 spiro atoms. The molecule has 0 aliphatic carbocycles. The molecule has 2 rings (SSSR count). The van der Waals surface area contributed by atoms with E-state index < -0.39 is 6.10 Å². The molecule has 130 valence electrons. The number of hydrogen-bond donors (Lipinski definition) is 1. The third-order valence-electron chi connectivity index (χ3n) is 4.11. The number of carbonyl (C=O) groups is 2. The molecule has 6 heteroatoms. The molecule has 1 N–H and O–H groups in total. The minimum atomic E-state index is -0.471. The smallest absolute Gasteiger partial charge is 0.253 e. The summed E-state index contributed by atoms with van der Waals surface area (Å²) >= 11 is 0. The first-order chi connectivity index (χ1) is 11.6. The van der Waals surface area contributed by atoms with E-state index in [0.717, 1.165) is 19.3 Å². The number of aromatic nitrogens is 1. The van der Waals surface area contributed by atoms with Gasteiger partial charge in [0.05, 0.1) is 6.61 Å². The molecule has 0 saturated carbocycles. The number of amides is 2. The van der Waals surface area contributed by atoms with Crippen molar-refractivity contribution in [1.82, 2.24) is 15.2 Å². The molecule has 1 saturated heterocycles. The second-order valence-electron chi connectivity index (χ2n) is 5.90. The van der Waals surface area contributed by atoms with Crippen molar-refractivity contribution in [3.05, 3.63) is 42.7 Å². The van der Waals surface area contributed by atoms with Gasteiger partial charge in [-0.25, -0.2) is 0 Å². The molecular formula is C18H25N3O3. The van der Waals surface area contributed by atoms with Crippen LogP contribution in [0.25, 0.3) is 0 Å². The van der Waals surface area contributed by atoms with E-state index in [0.29, 0.717) is 25.3 Å². The van der Waals surface area contributed by atoms with Gasteiger partial charge in [0.1, 0.15) is 6.10 Å². The number of ether oxygens (including phenoxy) is 1. The fraction of sp³-hybridized carbons (Fsp3) is 0.500. The number of likely N-dealkylation sites (tertiary alicyclic amines) is 1. The summed E-state index contributed by atoms with van der Waals surface area (Å²) in [7, 11) is 0. The molecule has 1 aliphatic rings. The van der Waals surface area contributed by atoms with Crippen LogP contribution in [0.1, 0.15) is 36.5 Å². The molecule has 0 radical (unpaired) electrons. The topological polar surface area (TPSA) is 71.5 Å². The highest BCUT2D eigenvalue weighted by atomic mass is 16.5. The number of rotatable bonds is 7. The second-order valence-corrected chi connectivity index (χ2v) is 5.90. The average Bonchev–Trinajstić information content (AvgIpc) is 2.62. The number of carbonyl (C=O) groups excluding carboxylic acids is 2. The van der Waals surface area contributed by atoms with Crippen LogP contribution >= 0.6 is 0 Å². The minimum absolute atomic E-state index is 0.0169. The lowest BCUT2D eigenvalue weighted by Crippen LogP contribution is -2.48. The van der Waals surface area contributed by atoms with Crippen molar-refractivity contribution in [2.75, 3.05) is 19.7 Å². The molecule has 24 heavy (non-hydrogen) atoms. The van der Waals surface area contributed by atoms with Gasteiger partial charge < -0.3 is 15.0 Å². The van der Waals surface area contributed by atoms with Gasteiger partial charge in [-0.05, 0) is 38.3 Å². The van der Waals surface area contributed by atoms with E-state index in [9.17, 15) is 9.59 Å². The summed E-state index contributed by atoms with van der Waals surface area (Å²) in [5.74, 6) is -0.0822. The quantitative estimate of drug-likeness (QED) is 0.611. The van der Waals surface area contributed by atoms with Crippen molar-refractivity contribution in [2.24, 2.45) is 0 Å². The van der Waals surface area contributed by atoms with E-state index in [2.05, 4.69) is 16.9 Å². The summed E-state index contributed by atoms with van der Waals surface area (Å²) < 4.78 is 5.45. The van der Waals surface area contributed by atoms with Crippen molar-refractivity contribution in [3.63, 3.8) is 0 Å². The predicted octanol–water partition coefficient (Wildman–Crippen LogP) is 1.78. The van der Waals surface area contributed by atoms with Crippen LogP contribution < -0.4 is 5.32 Å². The van der Waals surface area contributed by atoms with Crippen molar-refractivity contribution in [1.29, 1.82) is 0 Å². The van der Waals surface area contributed by atoms with Gasteiger partial charge in [-0.3, -0.25) is 14.6 Å². The van der Waals surface area contributed by atoms with E-state index in [4.69, 9.17) is 4.74 Å². The Balaban J connectivity index is 1.75. The molecule has 0 bridgehead atoms. The molecule has 1 unspecified atom stereocenters. The first-order valence-corrected chi connectivity index (χ1v) is 8.34. The highest BCUT2D eigenvalue weighted by Gasteiger charge is 2.25. The molecule has 1 aromatic heterocycles. The SMILES string of the molecule is C=CCCOC(C)C(=O)NC1CCN(C(=O)c2ccncc2)CC1. The average molecular weight is 331 g/mol. The molecule has 1 aliphatic heterocycles. The summed E-state index contributed by atoms with van der Waals surface area (Å²) in [6.07, 6.45) is 6.76. The zero-order valence-corrected chi connectivity index (χ0v) is 14.1. The third kappa shape index (κ3) is 5.16. The maximum atomic E-state index is 12.4. The van der Waals surface area contributed by atoms with E-state index in [1.54, 1.807) is 37.5 Å². The van der Waals surface area contributed by atoms with Crippen LogP contribution in [-0.2, 0) is 9.53 Å². The summed E-state index contributed by atoms with van der Waals surface area (Å²) in [4.78, 5) is 30.2. The van der Waals surface area contributed by atoms with Crippen molar-refractivity contribution < 1.29 is 14.3 Å². The van der Waals surface area contributed by atoms with Gasteiger partial charge in [0.2, 0.25) is 5.91 Å². The second kappa shape index (κ2) is 9.17. The van der Waals surface area contributed by atoms with Gasteiger partial charge in [0.15, 0.2) is 0 Å². The fourth-order valence-electron chi connectivity index (χ4n) is 2.63. The van der Waals surface area contributed by atoms with E-state index in [1.165, 1.54) is 0 Å². The number of pyridine rings is 1. The Kier molecular flexibility index (Phi) is 6.93. The van der Waals surface area contributed by atoms with Crippen molar-refractivity contribution >= 4 is 11.8 Å². The Labute approximate surface area is 142 Å². The Hall–Kier alpha value is -2.21. The standard InChI is InChI=1S/C18H25N3O3/c1-3-4-13-24-14(2)17(22)20-16-7-11-21(12-8-16)18(23)15-5-9-19-10-6-15/h3,5-6,9-10,14,16H,1,4,7-8,11-13H2,2H3,(H,20,22). The normalized spacial score (nSPS) is 16.5. The first-order valence-electron chi connectivity index (χ1n) is 8.34. The molecule has 1 atom stereocenters. The summed E-state index contributed by atoms with van der Waals surface area (Å²) in [5, 5.41) is 3.01. The van der Waals surface area contributed by atoms with Crippen LogP contribution in [0, 0.1) is 0 Å². The zero-order valence-electron chi connectivity index (χ0n) is 14.1. The van der Waals surface area contributed by atoms with E-state index in [1.807, 2.05) is 4.90 Å². The van der Waals surface area contributed by atoms with Crippen LogP contribution in [0.15, 0.2) is 37.2 Å². The van der Waals surface area contributed by atoms with E-state index in [-0.39, 0.29) is 17.9 Å². The molecular weight excluding hydrogens is 306 g/mol. The van der Waals surface area contributed by atoms with E-state index >= 15 is 0 Å². The number of hydrogen-bond acceptors (Lipinski definition) is 4. The van der Waals surface area contributed by atoms with Gasteiger partial charge in [-0.2, -0.15) is 0 Å². The van der Waals surface area contributed by atoms with Crippen LogP contribution in [0.4, 0.5) is 0 Å². The predicted molar refractivity (Wildman–Crippen MR) is 91.5 cm³/mol.